The lowest BCUT2D eigenvalue weighted by Gasteiger charge is -2.30. The summed E-state index contributed by atoms with van der Waals surface area (Å²) in [7, 11) is 0. The van der Waals surface area contributed by atoms with Gasteiger partial charge in [0.2, 0.25) is 0 Å². The van der Waals surface area contributed by atoms with Crippen LogP contribution in [0.15, 0.2) is 99.3 Å². The number of amides is 1. The minimum absolute atomic E-state index is 0.315. The molecule has 0 radical (unpaired) electrons. The SMILES string of the molecule is CC1=C(C(=O)Nc2ccccc2)C(c2ccccc2Cl)c2c(c3ccccc3oc2=O)N1. The normalized spacial score (nSPS) is 15.2. The van der Waals surface area contributed by atoms with E-state index in [2.05, 4.69) is 10.6 Å². The highest BCUT2D eigenvalue weighted by Gasteiger charge is 2.37. The largest absolute Gasteiger partial charge is 0.422 e. The number of hydrogen-bond donors (Lipinski definition) is 2. The number of carbonyl (C=O) groups excluding carboxylic acids is 1. The minimum atomic E-state index is -0.690. The summed E-state index contributed by atoms with van der Waals surface area (Å²) in [6.45, 7) is 1.83. The monoisotopic (exact) mass is 442 g/mol. The van der Waals surface area contributed by atoms with Gasteiger partial charge in [0.25, 0.3) is 5.91 Å². The van der Waals surface area contributed by atoms with Gasteiger partial charge in [-0.1, -0.05) is 60.1 Å². The molecule has 4 aromatic rings. The van der Waals surface area contributed by atoms with Crippen molar-refractivity contribution in [3.63, 3.8) is 0 Å². The second-order valence-corrected chi connectivity index (χ2v) is 8.02. The summed E-state index contributed by atoms with van der Waals surface area (Å²) in [6.07, 6.45) is 0. The Labute approximate surface area is 189 Å². The number of anilines is 2. The maximum absolute atomic E-state index is 13.5. The smallest absolute Gasteiger partial charge is 0.342 e. The molecule has 3 aromatic carbocycles. The third kappa shape index (κ3) is 3.37. The van der Waals surface area contributed by atoms with Crippen LogP contribution in [0.5, 0.6) is 0 Å². The van der Waals surface area contributed by atoms with Crippen LogP contribution >= 0.6 is 11.6 Å². The first-order valence-corrected chi connectivity index (χ1v) is 10.6. The van der Waals surface area contributed by atoms with Crippen LogP contribution in [-0.2, 0) is 4.79 Å². The Hall–Kier alpha value is -3.83. The van der Waals surface area contributed by atoms with E-state index in [1.54, 1.807) is 12.1 Å². The molecule has 0 saturated heterocycles. The van der Waals surface area contributed by atoms with Crippen LogP contribution in [0.1, 0.15) is 24.0 Å². The maximum Gasteiger partial charge on any atom is 0.342 e. The van der Waals surface area contributed by atoms with Crippen molar-refractivity contribution >= 4 is 39.9 Å². The van der Waals surface area contributed by atoms with Crippen molar-refractivity contribution < 1.29 is 9.21 Å². The zero-order valence-corrected chi connectivity index (χ0v) is 17.9. The lowest BCUT2D eigenvalue weighted by Crippen LogP contribution is -2.30. The number of fused-ring (bicyclic) bond motifs is 3. The fraction of sp³-hybridized carbons (Fsp3) is 0.0769. The molecule has 1 atom stereocenters. The molecule has 2 heterocycles. The van der Waals surface area contributed by atoms with Gasteiger partial charge in [0, 0.05) is 27.4 Å². The highest BCUT2D eigenvalue weighted by molar-refractivity contribution is 6.31. The average molecular weight is 443 g/mol. The van der Waals surface area contributed by atoms with Crippen LogP contribution in [0.4, 0.5) is 11.4 Å². The molecule has 5 nitrogen and oxygen atoms in total. The second kappa shape index (κ2) is 8.02. The molecule has 0 spiro atoms. The third-order valence-corrected chi connectivity index (χ3v) is 5.98. The van der Waals surface area contributed by atoms with Crippen molar-refractivity contribution in [1.29, 1.82) is 0 Å². The Kier molecular flexibility index (Phi) is 5.04. The zero-order valence-electron chi connectivity index (χ0n) is 17.2. The van der Waals surface area contributed by atoms with Crippen molar-refractivity contribution in [2.24, 2.45) is 0 Å². The minimum Gasteiger partial charge on any atom is -0.422 e. The fourth-order valence-electron chi connectivity index (χ4n) is 4.22. The average Bonchev–Trinajstić information content (AvgIpc) is 2.79. The van der Waals surface area contributed by atoms with E-state index in [0.717, 1.165) is 5.39 Å². The summed E-state index contributed by atoms with van der Waals surface area (Å²) < 4.78 is 5.64. The summed E-state index contributed by atoms with van der Waals surface area (Å²) in [5.41, 5.74) is 3.35. The van der Waals surface area contributed by atoms with Crippen molar-refractivity contribution in [2.75, 3.05) is 10.6 Å². The Balaban J connectivity index is 1.75. The molecule has 1 aliphatic rings. The number of benzene rings is 3. The third-order valence-electron chi connectivity index (χ3n) is 5.63. The number of hydrogen-bond acceptors (Lipinski definition) is 4. The zero-order chi connectivity index (χ0) is 22.2. The molecule has 0 fully saturated rings. The van der Waals surface area contributed by atoms with E-state index in [9.17, 15) is 9.59 Å². The molecule has 32 heavy (non-hydrogen) atoms. The first-order valence-electron chi connectivity index (χ1n) is 10.2. The molecule has 2 N–H and O–H groups in total. The quantitative estimate of drug-likeness (QED) is 0.386. The summed E-state index contributed by atoms with van der Waals surface area (Å²) in [6, 6.07) is 23.8. The Morgan fingerprint density at radius 3 is 2.44 bits per heavy atom. The van der Waals surface area contributed by atoms with Crippen molar-refractivity contribution in [3.05, 3.63) is 117 Å². The molecule has 1 aromatic heterocycles. The van der Waals surface area contributed by atoms with E-state index in [1.807, 2.05) is 73.7 Å². The van der Waals surface area contributed by atoms with Gasteiger partial charge in [-0.25, -0.2) is 4.79 Å². The van der Waals surface area contributed by atoms with Gasteiger partial charge in [0.15, 0.2) is 0 Å². The molecule has 1 unspecified atom stereocenters. The summed E-state index contributed by atoms with van der Waals surface area (Å²) >= 11 is 6.57. The van der Waals surface area contributed by atoms with Crippen LogP contribution in [0.3, 0.4) is 0 Å². The first-order chi connectivity index (χ1) is 15.5. The lowest BCUT2D eigenvalue weighted by molar-refractivity contribution is -0.113. The van der Waals surface area contributed by atoms with Crippen LogP contribution in [0.25, 0.3) is 11.0 Å². The van der Waals surface area contributed by atoms with E-state index in [0.29, 0.717) is 44.4 Å². The highest BCUT2D eigenvalue weighted by Crippen LogP contribution is 2.44. The van der Waals surface area contributed by atoms with Crippen LogP contribution in [0.2, 0.25) is 5.02 Å². The summed E-state index contributed by atoms with van der Waals surface area (Å²) in [5, 5.41) is 7.46. The maximum atomic E-state index is 13.5. The lowest BCUT2D eigenvalue weighted by atomic mass is 9.80. The van der Waals surface area contributed by atoms with Gasteiger partial charge >= 0.3 is 5.63 Å². The molecule has 0 aliphatic carbocycles. The topological polar surface area (TPSA) is 71.3 Å². The van der Waals surface area contributed by atoms with E-state index >= 15 is 0 Å². The Morgan fingerprint density at radius 2 is 1.66 bits per heavy atom. The molecule has 6 heteroatoms. The number of halogens is 1. The van der Waals surface area contributed by atoms with Crippen LogP contribution in [0, 0.1) is 0 Å². The van der Waals surface area contributed by atoms with Gasteiger partial charge in [-0.3, -0.25) is 4.79 Å². The van der Waals surface area contributed by atoms with E-state index in [-0.39, 0.29) is 5.91 Å². The first kappa shape index (κ1) is 20.1. The highest BCUT2D eigenvalue weighted by atomic mass is 35.5. The predicted octanol–water partition coefficient (Wildman–Crippen LogP) is 5.92. The molecule has 158 valence electrons. The number of carbonyl (C=O) groups is 1. The summed E-state index contributed by atoms with van der Waals surface area (Å²) in [4.78, 5) is 26.7. The van der Waals surface area contributed by atoms with Crippen LogP contribution in [-0.4, -0.2) is 5.91 Å². The van der Waals surface area contributed by atoms with Crippen molar-refractivity contribution in [1.82, 2.24) is 0 Å². The second-order valence-electron chi connectivity index (χ2n) is 7.61. The fourth-order valence-corrected chi connectivity index (χ4v) is 4.46. The van der Waals surface area contributed by atoms with E-state index in [4.69, 9.17) is 16.0 Å². The summed E-state index contributed by atoms with van der Waals surface area (Å²) in [5.74, 6) is -1.01. The number of rotatable bonds is 3. The van der Waals surface area contributed by atoms with Crippen molar-refractivity contribution in [3.8, 4) is 0 Å². The van der Waals surface area contributed by atoms with Gasteiger partial charge in [0.05, 0.1) is 17.2 Å². The van der Waals surface area contributed by atoms with E-state index in [1.165, 1.54) is 0 Å². The molecular weight excluding hydrogens is 424 g/mol. The van der Waals surface area contributed by atoms with Gasteiger partial charge < -0.3 is 15.1 Å². The Morgan fingerprint density at radius 1 is 0.969 bits per heavy atom. The Bertz CT molecular complexity index is 1440. The number of allylic oxidation sites excluding steroid dienone is 1. The van der Waals surface area contributed by atoms with Gasteiger partial charge in [-0.15, -0.1) is 0 Å². The number of nitrogens with one attached hydrogen (secondary N) is 2. The van der Waals surface area contributed by atoms with Gasteiger partial charge in [-0.2, -0.15) is 0 Å². The van der Waals surface area contributed by atoms with Gasteiger partial charge in [-0.05, 0) is 42.8 Å². The predicted molar refractivity (Wildman–Crippen MR) is 127 cm³/mol. The van der Waals surface area contributed by atoms with Gasteiger partial charge in [0.1, 0.15) is 5.58 Å². The molecule has 0 saturated carbocycles. The van der Waals surface area contributed by atoms with E-state index < -0.39 is 11.5 Å². The molecular formula is C26H19ClN2O3. The molecule has 1 amide bonds. The molecule has 0 bridgehead atoms. The molecule has 5 rings (SSSR count). The number of para-hydroxylation sites is 2. The molecule has 1 aliphatic heterocycles. The van der Waals surface area contributed by atoms with Crippen molar-refractivity contribution in [2.45, 2.75) is 12.8 Å². The van der Waals surface area contributed by atoms with Crippen LogP contribution < -0.4 is 16.3 Å². The standard InChI is InChI=1S/C26H19ClN2O3/c1-15-21(25(30)29-16-9-3-2-4-10-16)22(17-11-5-7-13-19(17)27)23-24(28-15)18-12-6-8-14-20(18)32-26(23)31/h2-14,22,28H,1H3,(H,29,30).